The molecule has 0 aromatic carbocycles. The summed E-state index contributed by atoms with van der Waals surface area (Å²) in [5.41, 5.74) is 1.38. The van der Waals surface area contributed by atoms with Crippen LogP contribution in [0, 0.1) is 29.1 Å². The van der Waals surface area contributed by atoms with Gasteiger partial charge in [-0.25, -0.2) is 0 Å². The third kappa shape index (κ3) is 1.21. The third-order valence-electron chi connectivity index (χ3n) is 5.77. The van der Waals surface area contributed by atoms with E-state index in [9.17, 15) is 5.11 Å². The Morgan fingerprint density at radius 2 is 2.00 bits per heavy atom. The van der Waals surface area contributed by atoms with Crippen molar-refractivity contribution < 1.29 is 5.11 Å². The number of aliphatic hydroxyl groups is 1. The van der Waals surface area contributed by atoms with Crippen LogP contribution in [0.4, 0.5) is 0 Å². The molecule has 0 bridgehead atoms. The normalized spacial score (nSPS) is 53.7. The molecular weight excluding hydrogens is 196 g/mol. The maximum Gasteiger partial charge on any atom is 0.0831 e. The summed E-state index contributed by atoms with van der Waals surface area (Å²) in [6.07, 6.45) is 5.69. The minimum absolute atomic E-state index is 0.515. The highest BCUT2D eigenvalue weighted by molar-refractivity contribution is 5.31. The molecule has 0 aliphatic heterocycles. The first-order valence-corrected chi connectivity index (χ1v) is 6.78. The lowest BCUT2D eigenvalue weighted by molar-refractivity contribution is 0.0738. The summed E-state index contributed by atoms with van der Waals surface area (Å²) in [7, 11) is 0. The molecule has 1 heteroatoms. The van der Waals surface area contributed by atoms with Gasteiger partial charge in [0.2, 0.25) is 0 Å². The summed E-state index contributed by atoms with van der Waals surface area (Å²) in [6, 6.07) is 0. The van der Waals surface area contributed by atoms with E-state index >= 15 is 0 Å². The van der Waals surface area contributed by atoms with E-state index < -0.39 is 5.60 Å². The average Bonchev–Trinajstić information content (AvgIpc) is 2.51. The quantitative estimate of drug-likeness (QED) is 0.620. The van der Waals surface area contributed by atoms with Gasteiger partial charge < -0.3 is 5.11 Å². The molecule has 2 fully saturated rings. The van der Waals surface area contributed by atoms with Crippen molar-refractivity contribution in [1.29, 1.82) is 0 Å². The van der Waals surface area contributed by atoms with Crippen LogP contribution in [0.25, 0.3) is 0 Å². The first kappa shape index (κ1) is 10.8. The molecule has 3 aliphatic carbocycles. The summed E-state index contributed by atoms with van der Waals surface area (Å²) in [6.45, 7) is 9.23. The molecule has 1 N–H and O–H groups in total. The summed E-state index contributed by atoms with van der Waals surface area (Å²) in [5.74, 6) is 3.10. The van der Waals surface area contributed by atoms with Gasteiger partial charge in [0.25, 0.3) is 0 Å². The largest absolute Gasteiger partial charge is 0.386 e. The topological polar surface area (TPSA) is 20.2 Å². The number of allylic oxidation sites excluding steroid dienone is 1. The molecule has 0 aromatic heterocycles. The van der Waals surface area contributed by atoms with Crippen molar-refractivity contribution in [2.45, 2.75) is 52.6 Å². The Balaban J connectivity index is 1.99. The Kier molecular flexibility index (Phi) is 1.98. The van der Waals surface area contributed by atoms with Gasteiger partial charge in [-0.1, -0.05) is 26.8 Å². The SMILES string of the molecule is C[C@@H]1CC=C2[C@@H]1[C@H]1[C@@H](CC[C@]2(C)O)C1(C)C. The van der Waals surface area contributed by atoms with E-state index in [2.05, 4.69) is 26.8 Å². The molecule has 0 unspecified atom stereocenters. The lowest BCUT2D eigenvalue weighted by atomic mass is 9.78. The summed E-state index contributed by atoms with van der Waals surface area (Å²) in [5, 5.41) is 10.6. The smallest absolute Gasteiger partial charge is 0.0831 e. The van der Waals surface area contributed by atoms with Crippen LogP contribution in [0.3, 0.4) is 0 Å². The van der Waals surface area contributed by atoms with Gasteiger partial charge >= 0.3 is 0 Å². The predicted octanol–water partition coefficient (Wildman–Crippen LogP) is 3.39. The second kappa shape index (κ2) is 2.93. The Morgan fingerprint density at radius 3 is 2.69 bits per heavy atom. The fourth-order valence-electron chi connectivity index (χ4n) is 4.66. The van der Waals surface area contributed by atoms with Gasteiger partial charge in [0.1, 0.15) is 0 Å². The van der Waals surface area contributed by atoms with Gasteiger partial charge in [-0.15, -0.1) is 0 Å². The van der Waals surface area contributed by atoms with Crippen LogP contribution in [0.5, 0.6) is 0 Å². The van der Waals surface area contributed by atoms with E-state index in [1.54, 1.807) is 0 Å². The van der Waals surface area contributed by atoms with E-state index in [1.807, 2.05) is 6.92 Å². The van der Waals surface area contributed by atoms with Crippen LogP contribution in [-0.2, 0) is 0 Å². The minimum atomic E-state index is -0.515. The van der Waals surface area contributed by atoms with Crippen LogP contribution >= 0.6 is 0 Å². The van der Waals surface area contributed by atoms with E-state index in [4.69, 9.17) is 0 Å². The molecule has 0 saturated heterocycles. The van der Waals surface area contributed by atoms with E-state index in [1.165, 1.54) is 18.4 Å². The zero-order valence-electron chi connectivity index (χ0n) is 11.0. The van der Waals surface area contributed by atoms with Crippen molar-refractivity contribution in [3.63, 3.8) is 0 Å². The zero-order chi connectivity index (χ0) is 11.7. The fraction of sp³-hybridized carbons (Fsp3) is 0.867. The van der Waals surface area contributed by atoms with Crippen molar-refractivity contribution in [1.82, 2.24) is 0 Å². The highest BCUT2D eigenvalue weighted by Crippen LogP contribution is 2.70. The number of hydrogen-bond donors (Lipinski definition) is 1. The van der Waals surface area contributed by atoms with Crippen molar-refractivity contribution >= 4 is 0 Å². The van der Waals surface area contributed by atoms with Gasteiger partial charge in [0.15, 0.2) is 0 Å². The molecule has 16 heavy (non-hydrogen) atoms. The third-order valence-corrected chi connectivity index (χ3v) is 5.77. The minimum Gasteiger partial charge on any atom is -0.386 e. The molecule has 0 heterocycles. The molecule has 5 atom stereocenters. The molecule has 0 amide bonds. The molecule has 90 valence electrons. The second-order valence-electron chi connectivity index (χ2n) is 7.16. The molecule has 2 saturated carbocycles. The van der Waals surface area contributed by atoms with Gasteiger partial charge in [-0.3, -0.25) is 0 Å². The molecular formula is C15H24O. The summed E-state index contributed by atoms with van der Waals surface area (Å²) >= 11 is 0. The average molecular weight is 220 g/mol. The lowest BCUT2D eigenvalue weighted by Gasteiger charge is -2.31. The first-order chi connectivity index (χ1) is 7.36. The van der Waals surface area contributed by atoms with Gasteiger partial charge in [-0.2, -0.15) is 0 Å². The van der Waals surface area contributed by atoms with E-state index in [-0.39, 0.29) is 0 Å². The Morgan fingerprint density at radius 1 is 1.31 bits per heavy atom. The van der Waals surface area contributed by atoms with Crippen molar-refractivity contribution in [3.05, 3.63) is 11.6 Å². The monoisotopic (exact) mass is 220 g/mol. The van der Waals surface area contributed by atoms with Crippen LogP contribution in [0.15, 0.2) is 11.6 Å². The first-order valence-electron chi connectivity index (χ1n) is 6.78. The fourth-order valence-corrected chi connectivity index (χ4v) is 4.66. The number of fused-ring (bicyclic) bond motifs is 3. The van der Waals surface area contributed by atoms with Crippen molar-refractivity contribution in [2.75, 3.05) is 0 Å². The van der Waals surface area contributed by atoms with Gasteiger partial charge in [0.05, 0.1) is 5.60 Å². The molecule has 0 spiro atoms. The van der Waals surface area contributed by atoms with Crippen LogP contribution in [-0.4, -0.2) is 10.7 Å². The summed E-state index contributed by atoms with van der Waals surface area (Å²) in [4.78, 5) is 0. The number of hydrogen-bond acceptors (Lipinski definition) is 1. The Bertz CT molecular complexity index is 350. The zero-order valence-corrected chi connectivity index (χ0v) is 11.0. The highest BCUT2D eigenvalue weighted by atomic mass is 16.3. The van der Waals surface area contributed by atoms with Crippen LogP contribution in [0.2, 0.25) is 0 Å². The molecule has 0 aromatic rings. The second-order valence-corrected chi connectivity index (χ2v) is 7.16. The van der Waals surface area contributed by atoms with E-state index in [0.29, 0.717) is 11.3 Å². The summed E-state index contributed by atoms with van der Waals surface area (Å²) < 4.78 is 0. The van der Waals surface area contributed by atoms with Crippen molar-refractivity contribution in [2.24, 2.45) is 29.1 Å². The maximum atomic E-state index is 10.6. The standard InChI is InChI=1S/C15H24O/c1-9-5-6-10-12(9)13-11(14(13,2)3)7-8-15(10,4)16/h6,9,11-13,16H,5,7-8H2,1-4H3/t9-,11-,12-,13-,15+/m1/s1. The maximum absolute atomic E-state index is 10.6. The molecule has 3 rings (SSSR count). The molecule has 3 aliphatic rings. The van der Waals surface area contributed by atoms with Crippen LogP contribution < -0.4 is 0 Å². The Labute approximate surface area is 98.9 Å². The van der Waals surface area contributed by atoms with Crippen molar-refractivity contribution in [3.8, 4) is 0 Å². The van der Waals surface area contributed by atoms with Crippen LogP contribution in [0.1, 0.15) is 47.0 Å². The Hall–Kier alpha value is -0.300. The molecule has 0 radical (unpaired) electrons. The lowest BCUT2D eigenvalue weighted by Crippen LogP contribution is -2.31. The number of rotatable bonds is 0. The predicted molar refractivity (Wildman–Crippen MR) is 66.0 cm³/mol. The van der Waals surface area contributed by atoms with Gasteiger partial charge in [0, 0.05) is 0 Å². The highest BCUT2D eigenvalue weighted by Gasteiger charge is 2.64. The van der Waals surface area contributed by atoms with E-state index in [0.717, 1.165) is 24.2 Å². The molecule has 1 nitrogen and oxygen atoms in total. The van der Waals surface area contributed by atoms with Gasteiger partial charge in [-0.05, 0) is 60.8 Å².